The highest BCUT2D eigenvalue weighted by Gasteiger charge is 2.16. The van der Waals surface area contributed by atoms with Gasteiger partial charge in [0, 0.05) is 0 Å². The average molecular weight is 400 g/mol. The third kappa shape index (κ3) is 1.77. The van der Waals surface area contributed by atoms with Crippen LogP contribution in [0.15, 0.2) is 13.4 Å². The van der Waals surface area contributed by atoms with Gasteiger partial charge in [-0.25, -0.2) is 0 Å². The Morgan fingerprint density at radius 2 is 1.17 bits per heavy atom. The first-order valence-electron chi connectivity index (χ1n) is 2.67. The minimum atomic E-state index is -0.00630. The molecule has 0 radical (unpaired) electrons. The number of phenolic OH excluding ortho intramolecular Hbond substituents is 1. The fourth-order valence-electron chi connectivity index (χ4n) is 0.593. The maximum Gasteiger partial charge on any atom is 0.147 e. The molecule has 0 aliphatic carbocycles. The molecule has 0 saturated carbocycles. The Morgan fingerprint density at radius 1 is 0.833 bits per heavy atom. The molecule has 0 unspecified atom stereocenters. The molecule has 0 aliphatic heterocycles. The SMILES string of the molecule is Oc1c(Br)c(Cl)c(Br)c(Cl)c1Br. The van der Waals surface area contributed by atoms with Gasteiger partial charge in [0.15, 0.2) is 0 Å². The molecular formula is C6HBr3Cl2O. The first-order chi connectivity index (χ1) is 5.46. The predicted molar refractivity (Wildman–Crippen MR) is 61.2 cm³/mol. The van der Waals surface area contributed by atoms with Crippen LogP contribution in [0.25, 0.3) is 0 Å². The number of halogens is 5. The van der Waals surface area contributed by atoms with E-state index in [1.807, 2.05) is 0 Å². The van der Waals surface area contributed by atoms with Gasteiger partial charge in [0.25, 0.3) is 0 Å². The van der Waals surface area contributed by atoms with Crippen molar-refractivity contribution >= 4 is 71.0 Å². The standard InChI is InChI=1S/C6HBr3Cl2O/c7-1-4(10)2(8)6(12)3(9)5(1)11/h12H. The first kappa shape index (κ1) is 11.1. The first-order valence-corrected chi connectivity index (χ1v) is 5.80. The van der Waals surface area contributed by atoms with E-state index in [-0.39, 0.29) is 5.75 Å². The van der Waals surface area contributed by atoms with Crippen LogP contribution in [0.2, 0.25) is 10.0 Å². The van der Waals surface area contributed by atoms with Crippen LogP contribution in [-0.4, -0.2) is 5.11 Å². The van der Waals surface area contributed by atoms with Crippen LogP contribution in [-0.2, 0) is 0 Å². The second-order valence-electron chi connectivity index (χ2n) is 1.92. The van der Waals surface area contributed by atoms with E-state index < -0.39 is 0 Å². The predicted octanol–water partition coefficient (Wildman–Crippen LogP) is 4.99. The van der Waals surface area contributed by atoms with Gasteiger partial charge >= 0.3 is 0 Å². The number of aromatic hydroxyl groups is 1. The molecular weight excluding hydrogens is 399 g/mol. The molecule has 1 rings (SSSR count). The van der Waals surface area contributed by atoms with Crippen LogP contribution in [0.1, 0.15) is 0 Å². The lowest BCUT2D eigenvalue weighted by Gasteiger charge is -2.07. The third-order valence-corrected chi connectivity index (χ3v) is 5.19. The number of benzene rings is 1. The van der Waals surface area contributed by atoms with E-state index in [0.29, 0.717) is 23.5 Å². The van der Waals surface area contributed by atoms with Crippen molar-refractivity contribution in [3.05, 3.63) is 23.5 Å². The van der Waals surface area contributed by atoms with Crippen molar-refractivity contribution in [2.75, 3.05) is 0 Å². The highest BCUT2D eigenvalue weighted by atomic mass is 79.9. The molecule has 0 saturated heterocycles. The van der Waals surface area contributed by atoms with E-state index in [9.17, 15) is 5.11 Å². The number of rotatable bonds is 0. The van der Waals surface area contributed by atoms with Crippen molar-refractivity contribution in [1.29, 1.82) is 0 Å². The summed E-state index contributed by atoms with van der Waals surface area (Å²) in [7, 11) is 0. The van der Waals surface area contributed by atoms with Crippen molar-refractivity contribution < 1.29 is 5.11 Å². The molecule has 1 nitrogen and oxygen atoms in total. The number of hydrogen-bond donors (Lipinski definition) is 1. The molecule has 1 N–H and O–H groups in total. The lowest BCUT2D eigenvalue weighted by atomic mass is 10.3. The van der Waals surface area contributed by atoms with Gasteiger partial charge in [0.2, 0.25) is 0 Å². The highest BCUT2D eigenvalue weighted by Crippen LogP contribution is 2.47. The quantitative estimate of drug-likeness (QED) is 0.481. The third-order valence-electron chi connectivity index (χ3n) is 1.19. The summed E-state index contributed by atoms with van der Waals surface area (Å²) in [6.45, 7) is 0. The molecule has 0 amide bonds. The maximum atomic E-state index is 9.41. The van der Waals surface area contributed by atoms with Crippen LogP contribution >= 0.6 is 71.0 Å². The van der Waals surface area contributed by atoms with Crippen molar-refractivity contribution in [3.8, 4) is 5.75 Å². The summed E-state index contributed by atoms with van der Waals surface area (Å²) >= 11 is 21.0. The average Bonchev–Trinajstić information content (AvgIpc) is 2.08. The van der Waals surface area contributed by atoms with Gasteiger partial charge < -0.3 is 5.11 Å². The van der Waals surface area contributed by atoms with Gasteiger partial charge in [-0.15, -0.1) is 0 Å². The van der Waals surface area contributed by atoms with Gasteiger partial charge in [-0.2, -0.15) is 0 Å². The molecule has 6 heteroatoms. The molecule has 0 fully saturated rings. The Bertz CT molecular complexity index is 235. The lowest BCUT2D eigenvalue weighted by molar-refractivity contribution is 0.468. The summed E-state index contributed by atoms with van der Waals surface area (Å²) in [6, 6.07) is 0. The maximum absolute atomic E-state index is 9.41. The summed E-state index contributed by atoms with van der Waals surface area (Å²) in [5.74, 6) is -0.00630. The fraction of sp³-hybridized carbons (Fsp3) is 0. The van der Waals surface area contributed by atoms with Gasteiger partial charge in [-0.1, -0.05) is 23.2 Å². The Balaban J connectivity index is 3.60. The fourth-order valence-corrected chi connectivity index (χ4v) is 3.00. The zero-order chi connectivity index (χ0) is 9.46. The second kappa shape index (κ2) is 4.05. The summed E-state index contributed by atoms with van der Waals surface area (Å²) in [5.41, 5.74) is 0. The van der Waals surface area contributed by atoms with E-state index >= 15 is 0 Å². The summed E-state index contributed by atoms with van der Waals surface area (Å²) in [4.78, 5) is 0. The minimum absolute atomic E-state index is 0.00630. The van der Waals surface area contributed by atoms with Crippen molar-refractivity contribution in [2.45, 2.75) is 0 Å². The zero-order valence-electron chi connectivity index (χ0n) is 5.34. The van der Waals surface area contributed by atoms with Crippen molar-refractivity contribution in [3.63, 3.8) is 0 Å². The molecule has 66 valence electrons. The lowest BCUT2D eigenvalue weighted by Crippen LogP contribution is -1.79. The Morgan fingerprint density at radius 3 is 1.50 bits per heavy atom. The Kier molecular flexibility index (Phi) is 3.75. The van der Waals surface area contributed by atoms with Gasteiger partial charge in [0.1, 0.15) is 5.75 Å². The van der Waals surface area contributed by atoms with Crippen molar-refractivity contribution in [2.24, 2.45) is 0 Å². The molecule has 0 aromatic heterocycles. The number of hydrogen-bond acceptors (Lipinski definition) is 1. The summed E-state index contributed by atoms with van der Waals surface area (Å²) in [5, 5.41) is 10.1. The van der Waals surface area contributed by atoms with E-state index in [1.54, 1.807) is 0 Å². The van der Waals surface area contributed by atoms with E-state index in [2.05, 4.69) is 47.8 Å². The van der Waals surface area contributed by atoms with Crippen LogP contribution < -0.4 is 0 Å². The zero-order valence-corrected chi connectivity index (χ0v) is 11.6. The molecule has 0 heterocycles. The van der Waals surface area contributed by atoms with Gasteiger partial charge in [-0.3, -0.25) is 0 Å². The van der Waals surface area contributed by atoms with Crippen LogP contribution in [0.3, 0.4) is 0 Å². The van der Waals surface area contributed by atoms with Crippen LogP contribution in [0.4, 0.5) is 0 Å². The Labute approximate surface area is 104 Å². The topological polar surface area (TPSA) is 20.2 Å². The summed E-state index contributed by atoms with van der Waals surface area (Å²) < 4.78 is 1.36. The van der Waals surface area contributed by atoms with Crippen LogP contribution in [0.5, 0.6) is 5.75 Å². The second-order valence-corrected chi connectivity index (χ2v) is 5.05. The van der Waals surface area contributed by atoms with Crippen molar-refractivity contribution in [1.82, 2.24) is 0 Å². The smallest absolute Gasteiger partial charge is 0.147 e. The van der Waals surface area contributed by atoms with E-state index in [1.165, 1.54) is 0 Å². The molecule has 0 spiro atoms. The van der Waals surface area contributed by atoms with E-state index in [0.717, 1.165) is 0 Å². The minimum Gasteiger partial charge on any atom is -0.505 e. The molecule has 0 atom stereocenters. The van der Waals surface area contributed by atoms with Crippen LogP contribution in [0, 0.1) is 0 Å². The van der Waals surface area contributed by atoms with Gasteiger partial charge in [-0.05, 0) is 47.8 Å². The molecule has 1 aromatic carbocycles. The highest BCUT2D eigenvalue weighted by molar-refractivity contribution is 9.11. The summed E-state index contributed by atoms with van der Waals surface area (Å²) in [6.07, 6.45) is 0. The molecule has 12 heavy (non-hydrogen) atoms. The normalized spacial score (nSPS) is 10.4. The molecule has 0 aliphatic rings. The largest absolute Gasteiger partial charge is 0.505 e. The number of phenols is 1. The monoisotopic (exact) mass is 396 g/mol. The van der Waals surface area contributed by atoms with Gasteiger partial charge in [0.05, 0.1) is 23.5 Å². The molecule has 1 aromatic rings. The molecule has 0 bridgehead atoms. The Hall–Kier alpha value is 1.04. The van der Waals surface area contributed by atoms with E-state index in [4.69, 9.17) is 23.2 Å².